The zero-order valence-corrected chi connectivity index (χ0v) is 23.7. The number of hydrogen-bond acceptors (Lipinski definition) is 6. The number of ether oxygens (including phenoxy) is 1. The minimum Gasteiger partial charge on any atom is -0.497 e. The van der Waals surface area contributed by atoms with Crippen molar-refractivity contribution in [3.05, 3.63) is 119 Å². The fraction of sp³-hybridized carbons (Fsp3) is 0.152. The highest BCUT2D eigenvalue weighted by atomic mass is 16.5. The van der Waals surface area contributed by atoms with Crippen LogP contribution in [-0.4, -0.2) is 44.7 Å². The van der Waals surface area contributed by atoms with E-state index in [4.69, 9.17) is 10.1 Å². The first-order valence-corrected chi connectivity index (χ1v) is 13.7. The largest absolute Gasteiger partial charge is 0.497 e. The van der Waals surface area contributed by atoms with E-state index in [2.05, 4.69) is 14.9 Å². The number of nitrogens with zero attached hydrogens (tertiary/aromatic N) is 2. The predicted molar refractivity (Wildman–Crippen MR) is 163 cm³/mol. The lowest BCUT2D eigenvalue weighted by Gasteiger charge is -2.15. The average molecular weight is 578 g/mol. The fourth-order valence-corrected chi connectivity index (χ4v) is 5.16. The summed E-state index contributed by atoms with van der Waals surface area (Å²) in [5.74, 6) is -1.11. The van der Waals surface area contributed by atoms with Crippen LogP contribution < -0.4 is 15.5 Å². The number of fused-ring (bicyclic) bond motifs is 1. The van der Waals surface area contributed by atoms with Crippen molar-refractivity contribution < 1.29 is 24.6 Å². The van der Waals surface area contributed by atoms with Gasteiger partial charge in [0.2, 0.25) is 0 Å². The molecular weight excluding hydrogens is 546 g/mol. The zero-order chi connectivity index (χ0) is 30.5. The quantitative estimate of drug-likeness (QED) is 0.0864. The van der Waals surface area contributed by atoms with Gasteiger partial charge in [0.15, 0.2) is 0 Å². The molecule has 0 aliphatic rings. The van der Waals surface area contributed by atoms with Crippen LogP contribution in [0.25, 0.3) is 22.0 Å². The van der Waals surface area contributed by atoms with E-state index in [0.29, 0.717) is 41.0 Å². The van der Waals surface area contributed by atoms with Crippen LogP contribution in [0.1, 0.15) is 50.0 Å². The topological polar surface area (TPSA) is 150 Å². The van der Waals surface area contributed by atoms with Crippen molar-refractivity contribution in [2.24, 2.45) is 0 Å². The summed E-state index contributed by atoms with van der Waals surface area (Å²) in [5.41, 5.74) is 7.40. The monoisotopic (exact) mass is 577 g/mol. The van der Waals surface area contributed by atoms with Crippen molar-refractivity contribution >= 4 is 28.6 Å². The van der Waals surface area contributed by atoms with E-state index in [1.54, 1.807) is 42.6 Å². The number of methoxy groups -OCH3 is 1. The predicted octanol–water partition coefficient (Wildman–Crippen LogP) is 5.25. The average Bonchev–Trinajstić information content (AvgIpc) is 3.40. The molecule has 3 aromatic carbocycles. The van der Waals surface area contributed by atoms with E-state index in [-0.39, 0.29) is 23.9 Å². The molecule has 0 saturated carbocycles. The molecule has 10 heteroatoms. The van der Waals surface area contributed by atoms with Crippen LogP contribution in [0, 0.1) is 5.41 Å². The number of amides is 1. The molecule has 5 aromatic rings. The van der Waals surface area contributed by atoms with E-state index in [1.807, 2.05) is 48.9 Å². The summed E-state index contributed by atoms with van der Waals surface area (Å²) in [4.78, 5) is 29.8. The van der Waals surface area contributed by atoms with Crippen LogP contribution in [0.4, 0.5) is 0 Å². The number of hydroxylamine groups is 1. The molecule has 0 atom stereocenters. The van der Waals surface area contributed by atoms with Gasteiger partial charge in [-0.15, -0.1) is 0 Å². The molecule has 0 bridgehead atoms. The van der Waals surface area contributed by atoms with E-state index in [1.165, 1.54) is 13.2 Å². The van der Waals surface area contributed by atoms with E-state index < -0.39 is 5.97 Å². The van der Waals surface area contributed by atoms with Gasteiger partial charge in [-0.1, -0.05) is 24.3 Å². The molecule has 1 amide bonds. The zero-order valence-electron chi connectivity index (χ0n) is 23.7. The minimum atomic E-state index is -1.11. The van der Waals surface area contributed by atoms with Gasteiger partial charge in [0.05, 0.1) is 24.9 Å². The second kappa shape index (κ2) is 12.6. The lowest BCUT2D eigenvalue weighted by Crippen LogP contribution is -2.23. The number of aromatic nitrogens is 2. The summed E-state index contributed by atoms with van der Waals surface area (Å²) in [5, 5.41) is 31.1. The summed E-state index contributed by atoms with van der Waals surface area (Å²) in [6, 6.07) is 21.2. The first-order valence-electron chi connectivity index (χ1n) is 13.7. The summed E-state index contributed by atoms with van der Waals surface area (Å²) >= 11 is 0. The van der Waals surface area contributed by atoms with Gasteiger partial charge in [-0.3, -0.25) is 25.9 Å². The molecule has 10 nitrogen and oxygen atoms in total. The van der Waals surface area contributed by atoms with Gasteiger partial charge in [0, 0.05) is 47.4 Å². The van der Waals surface area contributed by atoms with Crippen LogP contribution >= 0.6 is 0 Å². The Bertz CT molecular complexity index is 1830. The van der Waals surface area contributed by atoms with Gasteiger partial charge in [0.25, 0.3) is 5.91 Å². The molecule has 0 aliphatic heterocycles. The standard InChI is InChI=1S/C33H31N5O5/c1-3-38-19-23(26-11-9-21(16-30(26)38)31(34)37-42)14-20-7-8-22(32(39)36-18-24-6-4-5-13-35-24)15-28(20)27-12-10-25(43-2)17-29(27)33(40)41/h4-13,15-17,19,42H,3,14,18H2,1-2H3,(H2,34,37)(H,36,39)(H,40,41). The Morgan fingerprint density at radius 1 is 0.977 bits per heavy atom. The SMILES string of the molecule is CCn1cc(Cc2ccc(C(=O)NCc3ccccn3)cc2-c2ccc(OC)cc2C(=O)O)c2ccc(C(=N)NO)cc21. The number of carboxylic acid groups (broad SMARTS) is 1. The van der Waals surface area contributed by atoms with E-state index >= 15 is 0 Å². The summed E-state index contributed by atoms with van der Waals surface area (Å²) in [6.07, 6.45) is 4.15. The van der Waals surface area contributed by atoms with Crippen LogP contribution in [0.2, 0.25) is 0 Å². The maximum Gasteiger partial charge on any atom is 0.336 e. The number of carbonyl (C=O) groups is 2. The summed E-state index contributed by atoms with van der Waals surface area (Å²) in [7, 11) is 1.48. The number of pyridine rings is 1. The van der Waals surface area contributed by atoms with Crippen molar-refractivity contribution in [1.82, 2.24) is 20.3 Å². The number of rotatable bonds is 10. The van der Waals surface area contributed by atoms with Gasteiger partial charge in [-0.25, -0.2) is 4.79 Å². The third kappa shape index (κ3) is 6.09. The number of nitrogens with one attached hydrogen (secondary N) is 3. The molecule has 0 saturated heterocycles. The molecular formula is C33H31N5O5. The second-order valence-electron chi connectivity index (χ2n) is 9.93. The summed E-state index contributed by atoms with van der Waals surface area (Å²) in [6.45, 7) is 2.96. The maximum atomic E-state index is 13.2. The Morgan fingerprint density at radius 2 is 1.79 bits per heavy atom. The molecule has 0 radical (unpaired) electrons. The number of hydrogen-bond donors (Lipinski definition) is 5. The number of carboxylic acids is 1. The molecule has 5 N–H and O–H groups in total. The Kier molecular flexibility index (Phi) is 8.49. The maximum absolute atomic E-state index is 13.2. The molecule has 0 unspecified atom stereocenters. The Labute approximate surface area is 248 Å². The Balaban J connectivity index is 1.59. The first-order chi connectivity index (χ1) is 20.8. The van der Waals surface area contributed by atoms with Gasteiger partial charge in [0.1, 0.15) is 11.6 Å². The van der Waals surface area contributed by atoms with Crippen LogP contribution in [-0.2, 0) is 19.5 Å². The molecule has 0 aliphatic carbocycles. The van der Waals surface area contributed by atoms with E-state index in [0.717, 1.165) is 27.7 Å². The lowest BCUT2D eigenvalue weighted by molar-refractivity contribution is 0.0697. The molecule has 5 rings (SSSR count). The number of aromatic carboxylic acids is 1. The summed E-state index contributed by atoms with van der Waals surface area (Å²) < 4.78 is 7.35. The van der Waals surface area contributed by atoms with Crippen molar-refractivity contribution in [3.8, 4) is 16.9 Å². The highest BCUT2D eigenvalue weighted by molar-refractivity contribution is 6.01. The van der Waals surface area contributed by atoms with Crippen molar-refractivity contribution in [2.75, 3.05) is 7.11 Å². The number of aryl methyl sites for hydroxylation is 1. The second-order valence-corrected chi connectivity index (χ2v) is 9.93. The highest BCUT2D eigenvalue weighted by Gasteiger charge is 2.20. The van der Waals surface area contributed by atoms with Crippen molar-refractivity contribution in [2.45, 2.75) is 26.4 Å². The van der Waals surface area contributed by atoms with Gasteiger partial charge in [-0.05, 0) is 77.7 Å². The molecule has 218 valence electrons. The van der Waals surface area contributed by atoms with Crippen LogP contribution in [0.3, 0.4) is 0 Å². The van der Waals surface area contributed by atoms with E-state index in [9.17, 15) is 19.9 Å². The lowest BCUT2D eigenvalue weighted by atomic mass is 9.90. The Hall–Kier alpha value is -5.48. The fourth-order valence-electron chi connectivity index (χ4n) is 5.16. The molecule has 2 aromatic heterocycles. The Morgan fingerprint density at radius 3 is 2.49 bits per heavy atom. The third-order valence-corrected chi connectivity index (χ3v) is 7.36. The van der Waals surface area contributed by atoms with Gasteiger partial charge in [-0.2, -0.15) is 0 Å². The first kappa shape index (κ1) is 29.0. The molecule has 0 fully saturated rings. The highest BCUT2D eigenvalue weighted by Crippen LogP contribution is 2.34. The van der Waals surface area contributed by atoms with Gasteiger partial charge < -0.3 is 19.7 Å². The minimum absolute atomic E-state index is 0.0577. The van der Waals surface area contributed by atoms with Gasteiger partial charge >= 0.3 is 5.97 Å². The molecule has 2 heterocycles. The number of amidine groups is 1. The number of benzene rings is 3. The normalized spacial score (nSPS) is 10.9. The molecule has 43 heavy (non-hydrogen) atoms. The van der Waals surface area contributed by atoms with Crippen molar-refractivity contribution in [3.63, 3.8) is 0 Å². The van der Waals surface area contributed by atoms with Crippen LogP contribution in [0.15, 0.2) is 85.2 Å². The third-order valence-electron chi connectivity index (χ3n) is 7.36. The number of carbonyl (C=O) groups excluding carboxylic acids is 1. The molecule has 0 spiro atoms. The van der Waals surface area contributed by atoms with Crippen LogP contribution in [0.5, 0.6) is 5.75 Å². The van der Waals surface area contributed by atoms with Crippen molar-refractivity contribution in [1.29, 1.82) is 5.41 Å². The smallest absolute Gasteiger partial charge is 0.336 e.